The molecular formula is C21H26OS. The number of rotatable bonds is 1. The van der Waals surface area contributed by atoms with Gasteiger partial charge in [-0.25, -0.2) is 0 Å². The van der Waals surface area contributed by atoms with E-state index < -0.39 is 10.8 Å². The van der Waals surface area contributed by atoms with Gasteiger partial charge in [0.25, 0.3) is 0 Å². The molecule has 0 aromatic heterocycles. The lowest BCUT2D eigenvalue weighted by Gasteiger charge is -2.24. The topological polar surface area (TPSA) is 17.1 Å². The summed E-state index contributed by atoms with van der Waals surface area (Å²) in [5.41, 5.74) is 6.58. The number of hydrogen-bond acceptors (Lipinski definition) is 1. The van der Waals surface area contributed by atoms with Crippen molar-refractivity contribution in [2.24, 2.45) is 0 Å². The predicted molar refractivity (Wildman–Crippen MR) is 98.6 cm³/mol. The van der Waals surface area contributed by atoms with Gasteiger partial charge in [-0.3, -0.25) is 4.21 Å². The van der Waals surface area contributed by atoms with Crippen LogP contribution in [-0.4, -0.2) is 8.96 Å². The monoisotopic (exact) mass is 326 g/mol. The van der Waals surface area contributed by atoms with Crippen LogP contribution in [0.3, 0.4) is 0 Å². The van der Waals surface area contributed by atoms with E-state index in [1.54, 1.807) is 0 Å². The Morgan fingerprint density at radius 2 is 1.26 bits per heavy atom. The van der Waals surface area contributed by atoms with Crippen molar-refractivity contribution < 1.29 is 4.21 Å². The molecule has 0 N–H and O–H groups in total. The standard InChI is InChI=1S/C21H26OS/c1-15-18-11-9-16-5-7-17(8-6-16)10-12-19(14-13-18)20(15)23(22)21(2,3)4/h5-8,13-14H,9-12H2,1-4H3. The highest BCUT2D eigenvalue weighted by Gasteiger charge is 2.26. The Kier molecular flexibility index (Phi) is 4.46. The van der Waals surface area contributed by atoms with Crippen LogP contribution in [0.1, 0.15) is 48.6 Å². The molecule has 1 atom stereocenters. The van der Waals surface area contributed by atoms with E-state index in [2.05, 4.69) is 64.1 Å². The van der Waals surface area contributed by atoms with Crippen LogP contribution < -0.4 is 0 Å². The Balaban J connectivity index is 2.10. The average molecular weight is 327 g/mol. The first-order valence-corrected chi connectivity index (χ1v) is 9.62. The van der Waals surface area contributed by atoms with Gasteiger partial charge in [-0.05, 0) is 81.2 Å². The molecule has 0 amide bonds. The molecule has 1 nitrogen and oxygen atoms in total. The summed E-state index contributed by atoms with van der Waals surface area (Å²) in [6.45, 7) is 8.37. The zero-order valence-corrected chi connectivity index (χ0v) is 15.4. The molecule has 1 unspecified atom stereocenters. The number of hydrogen-bond donors (Lipinski definition) is 0. The summed E-state index contributed by atoms with van der Waals surface area (Å²) in [5.74, 6) is 0. The number of aryl methyl sites for hydroxylation is 4. The third-order valence-corrected chi connectivity index (χ3v) is 6.78. The van der Waals surface area contributed by atoms with Crippen LogP contribution in [0, 0.1) is 6.92 Å². The van der Waals surface area contributed by atoms with E-state index >= 15 is 0 Å². The Morgan fingerprint density at radius 3 is 1.78 bits per heavy atom. The van der Waals surface area contributed by atoms with Crippen molar-refractivity contribution in [1.29, 1.82) is 0 Å². The molecule has 122 valence electrons. The van der Waals surface area contributed by atoms with Crippen molar-refractivity contribution in [3.05, 3.63) is 64.2 Å². The molecule has 2 aromatic rings. The van der Waals surface area contributed by atoms with Crippen LogP contribution in [0.5, 0.6) is 0 Å². The van der Waals surface area contributed by atoms with Gasteiger partial charge in [0, 0.05) is 9.64 Å². The van der Waals surface area contributed by atoms with Gasteiger partial charge in [-0.1, -0.05) is 36.4 Å². The van der Waals surface area contributed by atoms with Crippen LogP contribution in [0.15, 0.2) is 41.3 Å². The Morgan fingerprint density at radius 1 is 0.783 bits per heavy atom. The van der Waals surface area contributed by atoms with Gasteiger partial charge in [0.1, 0.15) is 0 Å². The Labute approximate surface area is 142 Å². The Hall–Kier alpha value is -1.41. The zero-order valence-electron chi connectivity index (χ0n) is 14.6. The van der Waals surface area contributed by atoms with Crippen molar-refractivity contribution in [3.8, 4) is 0 Å². The van der Waals surface area contributed by atoms with Crippen molar-refractivity contribution >= 4 is 10.8 Å². The molecule has 23 heavy (non-hydrogen) atoms. The van der Waals surface area contributed by atoms with Gasteiger partial charge in [0.05, 0.1) is 10.8 Å². The highest BCUT2D eigenvalue weighted by molar-refractivity contribution is 7.86. The van der Waals surface area contributed by atoms with E-state index in [1.165, 1.54) is 27.8 Å². The van der Waals surface area contributed by atoms with E-state index in [4.69, 9.17) is 0 Å². The van der Waals surface area contributed by atoms with Crippen LogP contribution in [-0.2, 0) is 36.5 Å². The second-order valence-corrected chi connectivity index (χ2v) is 9.71. The van der Waals surface area contributed by atoms with Crippen LogP contribution in [0.2, 0.25) is 0 Å². The maximum absolute atomic E-state index is 13.1. The van der Waals surface area contributed by atoms with Gasteiger partial charge in [-0.2, -0.15) is 0 Å². The molecule has 4 aliphatic rings. The summed E-state index contributed by atoms with van der Waals surface area (Å²) < 4.78 is 12.9. The maximum Gasteiger partial charge on any atom is 0.0589 e. The highest BCUT2D eigenvalue weighted by atomic mass is 32.2. The van der Waals surface area contributed by atoms with E-state index in [0.29, 0.717) is 0 Å². The molecule has 6 rings (SSSR count). The van der Waals surface area contributed by atoms with Gasteiger partial charge < -0.3 is 0 Å². The first-order chi connectivity index (χ1) is 10.9. The van der Waals surface area contributed by atoms with Crippen LogP contribution in [0.25, 0.3) is 0 Å². The first-order valence-electron chi connectivity index (χ1n) is 8.47. The number of benzene rings is 2. The predicted octanol–water partition coefficient (Wildman–Crippen LogP) is 4.78. The summed E-state index contributed by atoms with van der Waals surface area (Å²) in [6, 6.07) is 13.5. The van der Waals surface area contributed by atoms with Crippen molar-refractivity contribution in [1.82, 2.24) is 0 Å². The minimum absolute atomic E-state index is 0.226. The lowest BCUT2D eigenvalue weighted by Crippen LogP contribution is -2.24. The van der Waals surface area contributed by atoms with Crippen molar-refractivity contribution in [2.75, 3.05) is 0 Å². The molecule has 0 radical (unpaired) electrons. The van der Waals surface area contributed by atoms with Gasteiger partial charge in [-0.15, -0.1) is 0 Å². The Bertz CT molecular complexity index is 736. The summed E-state index contributed by atoms with van der Waals surface area (Å²) in [6.07, 6.45) is 4.02. The molecule has 0 saturated carbocycles. The largest absolute Gasteiger partial charge is 0.254 e. The molecule has 0 fully saturated rings. The van der Waals surface area contributed by atoms with Gasteiger partial charge >= 0.3 is 0 Å². The summed E-state index contributed by atoms with van der Waals surface area (Å²) in [4.78, 5) is 1.09. The summed E-state index contributed by atoms with van der Waals surface area (Å²) >= 11 is 0. The van der Waals surface area contributed by atoms with Crippen molar-refractivity contribution in [2.45, 2.75) is 63.0 Å². The molecule has 2 heteroatoms. The minimum Gasteiger partial charge on any atom is -0.254 e. The fraction of sp³-hybridized carbons (Fsp3) is 0.429. The smallest absolute Gasteiger partial charge is 0.0589 e. The van der Waals surface area contributed by atoms with E-state index in [1.807, 2.05) is 0 Å². The molecule has 0 aliphatic heterocycles. The molecular weight excluding hydrogens is 300 g/mol. The van der Waals surface area contributed by atoms with E-state index in [9.17, 15) is 4.21 Å². The minimum atomic E-state index is -0.979. The van der Waals surface area contributed by atoms with E-state index in [-0.39, 0.29) is 4.75 Å². The summed E-state index contributed by atoms with van der Waals surface area (Å²) in [5, 5.41) is 0. The van der Waals surface area contributed by atoms with E-state index in [0.717, 1.165) is 30.6 Å². The lowest BCUT2D eigenvalue weighted by molar-refractivity contribution is 0.646. The molecule has 0 saturated heterocycles. The second kappa shape index (κ2) is 6.24. The fourth-order valence-corrected chi connectivity index (χ4v) is 4.68. The molecule has 4 aliphatic carbocycles. The third kappa shape index (κ3) is 3.42. The normalized spacial score (nSPS) is 16.0. The van der Waals surface area contributed by atoms with Gasteiger partial charge in [0.2, 0.25) is 0 Å². The quantitative estimate of drug-likeness (QED) is 0.737. The molecule has 2 aromatic carbocycles. The molecule has 0 spiro atoms. The first kappa shape index (κ1) is 16.4. The SMILES string of the molecule is Cc1c2ccc(c1S(=O)C(C)(C)C)CCc1ccc(cc1)CC2. The maximum atomic E-state index is 13.1. The highest BCUT2D eigenvalue weighted by Crippen LogP contribution is 2.30. The zero-order chi connectivity index (χ0) is 16.6. The molecule has 4 bridgehead atoms. The van der Waals surface area contributed by atoms with Crippen LogP contribution >= 0.6 is 0 Å². The van der Waals surface area contributed by atoms with Crippen molar-refractivity contribution in [3.63, 3.8) is 0 Å². The fourth-order valence-electron chi connectivity index (χ4n) is 3.25. The second-order valence-electron chi connectivity index (χ2n) is 7.54. The molecule has 0 heterocycles. The summed E-state index contributed by atoms with van der Waals surface area (Å²) in [7, 11) is -0.979. The van der Waals surface area contributed by atoms with Gasteiger partial charge in [0.15, 0.2) is 0 Å². The average Bonchev–Trinajstić information content (AvgIpc) is 2.49. The lowest BCUT2D eigenvalue weighted by atomic mass is 9.94. The van der Waals surface area contributed by atoms with Crippen LogP contribution in [0.4, 0.5) is 0 Å². The third-order valence-electron chi connectivity index (χ3n) is 4.73.